The van der Waals surface area contributed by atoms with E-state index in [0.717, 1.165) is 22.3 Å². The first-order valence-corrected chi connectivity index (χ1v) is 18.2. The second kappa shape index (κ2) is 17.7. The van der Waals surface area contributed by atoms with Gasteiger partial charge in [-0.05, 0) is 53.9 Å². The average Bonchev–Trinajstić information content (AvgIpc) is 3.83. The van der Waals surface area contributed by atoms with Gasteiger partial charge in [0.25, 0.3) is 0 Å². The van der Waals surface area contributed by atoms with E-state index in [1.54, 1.807) is 0 Å². The molecule has 0 radical (unpaired) electrons. The molecule has 13 nitrogen and oxygen atoms in total. The van der Waals surface area contributed by atoms with Gasteiger partial charge in [0.1, 0.15) is 31.6 Å². The summed E-state index contributed by atoms with van der Waals surface area (Å²) in [5.41, 5.74) is 8.90. The average molecular weight is 736 g/mol. The summed E-state index contributed by atoms with van der Waals surface area (Å²) >= 11 is 0. The van der Waals surface area contributed by atoms with Gasteiger partial charge >= 0.3 is 12.1 Å². The lowest BCUT2D eigenvalue weighted by molar-refractivity contribution is -0.178. The van der Waals surface area contributed by atoms with Crippen LogP contribution in [0.3, 0.4) is 0 Å². The summed E-state index contributed by atoms with van der Waals surface area (Å²) in [6, 6.07) is 23.4. The molecule has 4 amide bonds. The van der Waals surface area contributed by atoms with Crippen LogP contribution < -0.4 is 10.9 Å². The molecular formula is C41H45N5O8. The second-order valence-electron chi connectivity index (χ2n) is 14.0. The van der Waals surface area contributed by atoms with Crippen LogP contribution in [0.1, 0.15) is 60.6 Å². The molecule has 3 unspecified atom stereocenters. The number of likely N-dealkylation sites (tertiary alicyclic amines) is 1. The zero-order valence-corrected chi connectivity index (χ0v) is 30.3. The molecule has 3 heterocycles. The fourth-order valence-electron chi connectivity index (χ4n) is 7.43. The van der Waals surface area contributed by atoms with Crippen molar-refractivity contribution in [3.63, 3.8) is 0 Å². The van der Waals surface area contributed by atoms with Crippen molar-refractivity contribution in [2.45, 2.75) is 82.6 Å². The number of amides is 4. The third-order valence-electron chi connectivity index (χ3n) is 10.1. The SMILES string of the molecule is CC(C)c1cccc(C[C@H]2COC(=O)N2C2C(=O)N(C(C(=O)OCc3ccccc3)[C@@H](CC(=O)NNC=O)Cc3ccccc3)C2CCc2cocn2)c1. The molecule has 5 atom stereocenters. The number of nitrogens with zero attached hydrogens (tertiary/aromatic N) is 3. The van der Waals surface area contributed by atoms with Gasteiger partial charge in [-0.15, -0.1) is 0 Å². The Morgan fingerprint density at radius 3 is 2.39 bits per heavy atom. The molecule has 0 saturated carbocycles. The van der Waals surface area contributed by atoms with Gasteiger partial charge in [0.05, 0.1) is 17.8 Å². The number of carbonyl (C=O) groups excluding carboxylic acids is 5. The molecule has 4 aromatic rings. The number of esters is 1. The summed E-state index contributed by atoms with van der Waals surface area (Å²) in [5.74, 6) is -2.18. The van der Waals surface area contributed by atoms with Crippen LogP contribution in [-0.2, 0) is 54.5 Å². The van der Waals surface area contributed by atoms with E-state index >= 15 is 0 Å². The Morgan fingerprint density at radius 1 is 0.981 bits per heavy atom. The predicted octanol–water partition coefficient (Wildman–Crippen LogP) is 4.51. The smallest absolute Gasteiger partial charge is 0.410 e. The first kappa shape index (κ1) is 37.8. The molecule has 0 aliphatic carbocycles. The normalized spacial score (nSPS) is 19.1. The summed E-state index contributed by atoms with van der Waals surface area (Å²) in [4.78, 5) is 74.2. The van der Waals surface area contributed by atoms with Crippen molar-refractivity contribution < 1.29 is 37.9 Å². The predicted molar refractivity (Wildman–Crippen MR) is 196 cm³/mol. The van der Waals surface area contributed by atoms with Gasteiger partial charge < -0.3 is 18.8 Å². The number of hydrogen-bond donors (Lipinski definition) is 2. The topological polar surface area (TPSA) is 160 Å². The van der Waals surface area contributed by atoms with E-state index < -0.39 is 54.0 Å². The van der Waals surface area contributed by atoms with Gasteiger partial charge in [0, 0.05) is 12.3 Å². The highest BCUT2D eigenvalue weighted by Crippen LogP contribution is 2.38. The Bertz CT molecular complexity index is 1890. The summed E-state index contributed by atoms with van der Waals surface area (Å²) in [6.45, 7) is 4.28. The number of ether oxygens (including phenoxy) is 2. The Hall–Kier alpha value is -5.98. The minimum absolute atomic E-state index is 0.0574. The molecule has 2 fully saturated rings. The summed E-state index contributed by atoms with van der Waals surface area (Å²) in [6.07, 6.45) is 3.74. The number of nitrogens with one attached hydrogen (secondary N) is 2. The van der Waals surface area contributed by atoms with Crippen molar-refractivity contribution in [2.24, 2.45) is 5.92 Å². The first-order valence-electron chi connectivity index (χ1n) is 18.2. The molecule has 3 aromatic carbocycles. The molecule has 2 aliphatic heterocycles. The number of β-lactam (4-membered cyclic amide) rings is 1. The second-order valence-corrected chi connectivity index (χ2v) is 14.0. The van der Waals surface area contributed by atoms with Crippen molar-refractivity contribution in [3.05, 3.63) is 126 Å². The van der Waals surface area contributed by atoms with E-state index in [1.807, 2.05) is 72.8 Å². The quantitative estimate of drug-likeness (QED) is 0.0649. The first-order chi connectivity index (χ1) is 26.2. The minimum Gasteiger partial charge on any atom is -0.459 e. The van der Waals surface area contributed by atoms with E-state index in [-0.39, 0.29) is 26.1 Å². The third kappa shape index (κ3) is 8.96. The number of aromatic nitrogens is 1. The molecule has 2 saturated heterocycles. The van der Waals surface area contributed by atoms with Crippen LogP contribution in [-0.4, -0.2) is 75.8 Å². The number of benzene rings is 3. The van der Waals surface area contributed by atoms with Gasteiger partial charge in [-0.2, -0.15) is 0 Å². The molecular weight excluding hydrogens is 690 g/mol. The molecule has 2 N–H and O–H groups in total. The molecule has 6 rings (SSSR count). The standard InChI is InChI=1S/C41H45N5O8/c1-27(2)31-15-9-14-30(19-31)20-34-24-54-41(51)45(34)38-35(17-16-33-23-52-26-42-33)46(39(38)49)37(40(50)53-22-29-12-7-4-8-13-29)32(21-36(48)44-43-25-47)18-28-10-5-3-6-11-28/h3-15,19,23,25-27,32,34-35,37-38H,16-18,20-22,24H2,1-2H3,(H,43,47)(H,44,48)/t32-,34+,35?,37?,38?/m1/s1. The molecule has 282 valence electrons. The van der Waals surface area contributed by atoms with Crippen LogP contribution in [0.25, 0.3) is 0 Å². The number of rotatable bonds is 18. The van der Waals surface area contributed by atoms with Crippen molar-refractivity contribution in [1.29, 1.82) is 0 Å². The van der Waals surface area contributed by atoms with Crippen molar-refractivity contribution >= 4 is 30.3 Å². The van der Waals surface area contributed by atoms with Crippen LogP contribution in [0.5, 0.6) is 0 Å². The lowest BCUT2D eigenvalue weighted by atomic mass is 9.80. The maximum absolute atomic E-state index is 14.7. The van der Waals surface area contributed by atoms with Gasteiger partial charge in [-0.3, -0.25) is 30.1 Å². The number of oxazole rings is 1. The Kier molecular flexibility index (Phi) is 12.4. The number of hydrazine groups is 1. The lowest BCUT2D eigenvalue weighted by Gasteiger charge is -2.54. The molecule has 0 spiro atoms. The fraction of sp³-hybridized carbons (Fsp3) is 0.366. The highest BCUT2D eigenvalue weighted by molar-refractivity contribution is 5.96. The van der Waals surface area contributed by atoms with Gasteiger partial charge in [0.15, 0.2) is 6.39 Å². The zero-order chi connectivity index (χ0) is 38.0. The highest BCUT2D eigenvalue weighted by Gasteiger charge is 2.59. The van der Waals surface area contributed by atoms with E-state index in [9.17, 15) is 24.0 Å². The van der Waals surface area contributed by atoms with Gasteiger partial charge in [-0.1, -0.05) is 98.8 Å². The van der Waals surface area contributed by atoms with E-state index in [1.165, 1.54) is 22.5 Å². The largest absolute Gasteiger partial charge is 0.459 e. The van der Waals surface area contributed by atoms with Crippen molar-refractivity contribution in [3.8, 4) is 0 Å². The van der Waals surface area contributed by atoms with Crippen molar-refractivity contribution in [2.75, 3.05) is 6.61 Å². The summed E-state index contributed by atoms with van der Waals surface area (Å²) in [5, 5.41) is 0. The van der Waals surface area contributed by atoms with Crippen LogP contribution >= 0.6 is 0 Å². The Labute approximate surface area is 314 Å². The van der Waals surface area contributed by atoms with Gasteiger partial charge in [0.2, 0.25) is 18.2 Å². The van der Waals surface area contributed by atoms with Crippen molar-refractivity contribution in [1.82, 2.24) is 25.6 Å². The Morgan fingerprint density at radius 2 is 1.70 bits per heavy atom. The van der Waals surface area contributed by atoms with E-state index in [2.05, 4.69) is 41.8 Å². The van der Waals surface area contributed by atoms with E-state index in [4.69, 9.17) is 13.9 Å². The number of hydrogen-bond acceptors (Lipinski definition) is 9. The molecule has 1 aromatic heterocycles. The molecule has 54 heavy (non-hydrogen) atoms. The van der Waals surface area contributed by atoms with Crippen LogP contribution in [0.2, 0.25) is 0 Å². The molecule has 0 bridgehead atoms. The summed E-state index contributed by atoms with van der Waals surface area (Å²) < 4.78 is 16.7. The van der Waals surface area contributed by atoms with Crippen LogP contribution in [0, 0.1) is 5.92 Å². The minimum atomic E-state index is -1.23. The number of aryl methyl sites for hydroxylation is 1. The van der Waals surface area contributed by atoms with Gasteiger partial charge in [-0.25, -0.2) is 14.6 Å². The maximum Gasteiger partial charge on any atom is 0.410 e. The molecule has 2 aliphatic rings. The van der Waals surface area contributed by atoms with Crippen LogP contribution in [0.4, 0.5) is 4.79 Å². The van der Waals surface area contributed by atoms with E-state index in [0.29, 0.717) is 37.3 Å². The third-order valence-corrected chi connectivity index (χ3v) is 10.1. The zero-order valence-electron chi connectivity index (χ0n) is 30.3. The maximum atomic E-state index is 14.7. The molecule has 13 heteroatoms. The van der Waals surface area contributed by atoms with Crippen LogP contribution in [0.15, 0.2) is 102 Å². The highest BCUT2D eigenvalue weighted by atomic mass is 16.6. The fourth-order valence-corrected chi connectivity index (χ4v) is 7.43. The lowest BCUT2D eigenvalue weighted by Crippen LogP contribution is -2.76. The summed E-state index contributed by atoms with van der Waals surface area (Å²) in [7, 11) is 0. The number of carbonyl (C=O) groups is 5. The Balaban J connectivity index is 1.36. The number of cyclic esters (lactones) is 1. The monoisotopic (exact) mass is 735 g/mol.